The van der Waals surface area contributed by atoms with E-state index in [0.29, 0.717) is 34.3 Å². The number of amides is 1. The van der Waals surface area contributed by atoms with Crippen LogP contribution in [0.25, 0.3) is 0 Å². The first-order valence-corrected chi connectivity index (χ1v) is 11.7. The van der Waals surface area contributed by atoms with E-state index >= 15 is 0 Å². The Labute approximate surface area is 183 Å². The molecule has 0 saturated carbocycles. The van der Waals surface area contributed by atoms with Crippen LogP contribution in [0.5, 0.6) is 11.5 Å². The van der Waals surface area contributed by atoms with Gasteiger partial charge in [-0.05, 0) is 50.6 Å². The number of ether oxygens (including phenoxy) is 2. The van der Waals surface area contributed by atoms with Gasteiger partial charge in [0.25, 0.3) is 0 Å². The van der Waals surface area contributed by atoms with Gasteiger partial charge in [0, 0.05) is 24.7 Å². The Morgan fingerprint density at radius 2 is 1.93 bits per heavy atom. The van der Waals surface area contributed by atoms with Gasteiger partial charge in [0.1, 0.15) is 11.5 Å². The van der Waals surface area contributed by atoms with Crippen molar-refractivity contribution in [2.75, 3.05) is 29.5 Å². The van der Waals surface area contributed by atoms with E-state index < -0.39 is 10.0 Å². The number of hydrogen-bond acceptors (Lipinski definition) is 5. The van der Waals surface area contributed by atoms with Gasteiger partial charge in [-0.15, -0.1) is 0 Å². The Morgan fingerprint density at radius 1 is 1.20 bits per heavy atom. The lowest BCUT2D eigenvalue weighted by Gasteiger charge is -2.23. The topological polar surface area (TPSA) is 84.9 Å². The summed E-state index contributed by atoms with van der Waals surface area (Å²) in [6.07, 6.45) is 1.64. The number of sulfonamides is 1. The predicted octanol–water partition coefficient (Wildman–Crippen LogP) is 4.32. The molecule has 9 heteroatoms. The minimum atomic E-state index is -3.54. The van der Waals surface area contributed by atoms with Gasteiger partial charge < -0.3 is 14.8 Å². The number of methoxy groups -OCH3 is 1. The number of anilines is 2. The summed E-state index contributed by atoms with van der Waals surface area (Å²) < 4.78 is 36.4. The molecule has 0 fully saturated rings. The number of carbonyl (C=O) groups is 1. The molecule has 1 amide bonds. The fourth-order valence-electron chi connectivity index (χ4n) is 2.82. The van der Waals surface area contributed by atoms with E-state index in [4.69, 9.17) is 21.1 Å². The van der Waals surface area contributed by atoms with Gasteiger partial charge in [0.2, 0.25) is 15.9 Å². The SMILES string of the molecule is COc1ccc(N(CCCC(=O)Nc2cccc(OC(C)C)c2)S(C)(=O)=O)cc1Cl. The summed E-state index contributed by atoms with van der Waals surface area (Å²) in [6.45, 7) is 4.00. The maximum atomic E-state index is 12.3. The zero-order chi connectivity index (χ0) is 22.3. The lowest BCUT2D eigenvalue weighted by Crippen LogP contribution is -2.31. The van der Waals surface area contributed by atoms with Crippen molar-refractivity contribution in [1.82, 2.24) is 0 Å². The van der Waals surface area contributed by atoms with E-state index in [1.54, 1.807) is 30.3 Å². The summed E-state index contributed by atoms with van der Waals surface area (Å²) in [7, 11) is -2.06. The molecular formula is C21H27ClN2O5S. The standard InChI is InChI=1S/C21H27ClN2O5S/c1-15(2)29-18-8-5-7-16(13-18)23-21(25)9-6-12-24(30(4,26)27)17-10-11-20(28-3)19(22)14-17/h5,7-8,10-11,13-15H,6,9,12H2,1-4H3,(H,23,25). The summed E-state index contributed by atoms with van der Waals surface area (Å²) in [5.74, 6) is 0.914. The largest absolute Gasteiger partial charge is 0.495 e. The Morgan fingerprint density at radius 3 is 2.53 bits per heavy atom. The molecule has 2 aromatic carbocycles. The number of nitrogens with zero attached hydrogens (tertiary/aromatic N) is 1. The molecule has 7 nitrogen and oxygen atoms in total. The average Bonchev–Trinajstić information content (AvgIpc) is 2.64. The third-order valence-electron chi connectivity index (χ3n) is 4.08. The molecule has 0 aliphatic carbocycles. The van der Waals surface area contributed by atoms with Crippen LogP contribution in [-0.2, 0) is 14.8 Å². The predicted molar refractivity (Wildman–Crippen MR) is 120 cm³/mol. The lowest BCUT2D eigenvalue weighted by atomic mass is 10.2. The van der Waals surface area contributed by atoms with Gasteiger partial charge in [0.05, 0.1) is 30.2 Å². The third-order valence-corrected chi connectivity index (χ3v) is 5.57. The van der Waals surface area contributed by atoms with Gasteiger partial charge in [-0.3, -0.25) is 9.10 Å². The number of rotatable bonds is 10. The van der Waals surface area contributed by atoms with Crippen LogP contribution < -0.4 is 19.1 Å². The monoisotopic (exact) mass is 454 g/mol. The summed E-state index contributed by atoms with van der Waals surface area (Å²) in [5.41, 5.74) is 1.04. The van der Waals surface area contributed by atoms with Crippen molar-refractivity contribution in [3.8, 4) is 11.5 Å². The van der Waals surface area contributed by atoms with Crippen LogP contribution in [0.3, 0.4) is 0 Å². The smallest absolute Gasteiger partial charge is 0.232 e. The molecule has 0 spiro atoms. The zero-order valence-electron chi connectivity index (χ0n) is 17.5. The minimum Gasteiger partial charge on any atom is -0.495 e. The molecule has 0 atom stereocenters. The van der Waals surface area contributed by atoms with Gasteiger partial charge in [-0.25, -0.2) is 8.42 Å². The van der Waals surface area contributed by atoms with Crippen molar-refractivity contribution in [2.24, 2.45) is 0 Å². The fourth-order valence-corrected chi connectivity index (χ4v) is 4.03. The quantitative estimate of drug-likeness (QED) is 0.577. The van der Waals surface area contributed by atoms with Crippen LogP contribution in [-0.4, -0.2) is 40.3 Å². The molecule has 0 heterocycles. The van der Waals surface area contributed by atoms with Crippen molar-refractivity contribution in [3.05, 3.63) is 47.5 Å². The van der Waals surface area contributed by atoms with Gasteiger partial charge >= 0.3 is 0 Å². The molecule has 0 radical (unpaired) electrons. The van der Waals surface area contributed by atoms with E-state index in [0.717, 1.165) is 6.26 Å². The van der Waals surface area contributed by atoms with E-state index in [1.165, 1.54) is 17.5 Å². The van der Waals surface area contributed by atoms with Gasteiger partial charge in [-0.1, -0.05) is 17.7 Å². The zero-order valence-corrected chi connectivity index (χ0v) is 19.1. The van der Waals surface area contributed by atoms with E-state index in [1.807, 2.05) is 19.9 Å². The molecule has 164 valence electrons. The second-order valence-electron chi connectivity index (χ2n) is 7.00. The molecule has 0 unspecified atom stereocenters. The van der Waals surface area contributed by atoms with Crippen molar-refractivity contribution in [1.29, 1.82) is 0 Å². The summed E-state index contributed by atoms with van der Waals surface area (Å²) in [6, 6.07) is 11.9. The van der Waals surface area contributed by atoms with Crippen LogP contribution >= 0.6 is 11.6 Å². The molecule has 2 rings (SSSR count). The van der Waals surface area contributed by atoms with Gasteiger partial charge in [0.15, 0.2) is 0 Å². The van der Waals surface area contributed by atoms with Crippen molar-refractivity contribution >= 4 is 38.9 Å². The second kappa shape index (κ2) is 10.5. The number of carbonyl (C=O) groups excluding carboxylic acids is 1. The number of hydrogen-bond donors (Lipinski definition) is 1. The first-order valence-electron chi connectivity index (χ1n) is 9.48. The highest BCUT2D eigenvalue weighted by Gasteiger charge is 2.19. The summed E-state index contributed by atoms with van der Waals surface area (Å²) in [5, 5.41) is 3.12. The molecule has 0 aliphatic rings. The number of benzene rings is 2. The minimum absolute atomic E-state index is 0.0318. The maximum Gasteiger partial charge on any atom is 0.232 e. The number of halogens is 1. The van der Waals surface area contributed by atoms with Crippen LogP contribution in [0.15, 0.2) is 42.5 Å². The van der Waals surface area contributed by atoms with E-state index in [2.05, 4.69) is 5.32 Å². The fraction of sp³-hybridized carbons (Fsp3) is 0.381. The highest BCUT2D eigenvalue weighted by atomic mass is 35.5. The van der Waals surface area contributed by atoms with E-state index in [-0.39, 0.29) is 25.0 Å². The molecule has 2 aromatic rings. The Kier molecular flexibility index (Phi) is 8.37. The van der Waals surface area contributed by atoms with E-state index in [9.17, 15) is 13.2 Å². The lowest BCUT2D eigenvalue weighted by molar-refractivity contribution is -0.116. The highest BCUT2D eigenvalue weighted by molar-refractivity contribution is 7.92. The maximum absolute atomic E-state index is 12.3. The van der Waals surface area contributed by atoms with Crippen LogP contribution in [0, 0.1) is 0 Å². The van der Waals surface area contributed by atoms with Crippen LogP contribution in [0.4, 0.5) is 11.4 Å². The second-order valence-corrected chi connectivity index (χ2v) is 9.31. The molecular weight excluding hydrogens is 428 g/mol. The normalized spacial score (nSPS) is 11.3. The number of nitrogens with one attached hydrogen (secondary N) is 1. The molecule has 0 saturated heterocycles. The first-order chi connectivity index (χ1) is 14.1. The third kappa shape index (κ3) is 7.11. The van der Waals surface area contributed by atoms with Crippen molar-refractivity contribution in [2.45, 2.75) is 32.8 Å². The van der Waals surface area contributed by atoms with Crippen molar-refractivity contribution in [3.63, 3.8) is 0 Å². The average molecular weight is 455 g/mol. The summed E-state index contributed by atoms with van der Waals surface area (Å²) in [4.78, 5) is 12.3. The molecule has 1 N–H and O–H groups in total. The Balaban J connectivity index is 1.98. The van der Waals surface area contributed by atoms with Crippen LogP contribution in [0.1, 0.15) is 26.7 Å². The van der Waals surface area contributed by atoms with Crippen molar-refractivity contribution < 1.29 is 22.7 Å². The van der Waals surface area contributed by atoms with Crippen LogP contribution in [0.2, 0.25) is 5.02 Å². The first kappa shape index (κ1) is 23.8. The summed E-state index contributed by atoms with van der Waals surface area (Å²) >= 11 is 6.12. The highest BCUT2D eigenvalue weighted by Crippen LogP contribution is 2.30. The Bertz CT molecular complexity index is 979. The molecule has 0 aromatic heterocycles. The Hall–Kier alpha value is -2.45. The molecule has 0 bridgehead atoms. The molecule has 30 heavy (non-hydrogen) atoms. The van der Waals surface area contributed by atoms with Gasteiger partial charge in [-0.2, -0.15) is 0 Å². The molecule has 0 aliphatic heterocycles.